The fraction of sp³-hybridized carbons (Fsp3) is 0.385. The maximum Gasteiger partial charge on any atom is 0.303 e. The highest BCUT2D eigenvalue weighted by Gasteiger charge is 2.19. The molecule has 0 amide bonds. The number of carbonyl (C=O) groups is 1. The van der Waals surface area contributed by atoms with Crippen molar-refractivity contribution >= 4 is 5.97 Å². The van der Waals surface area contributed by atoms with Crippen LogP contribution in [0.1, 0.15) is 63.3 Å². The van der Waals surface area contributed by atoms with Crippen LogP contribution in [0.25, 0.3) is 22.6 Å². The van der Waals surface area contributed by atoms with E-state index in [4.69, 9.17) is 14.5 Å². The molecule has 1 aromatic heterocycles. The second-order valence-corrected chi connectivity index (χ2v) is 7.72. The van der Waals surface area contributed by atoms with E-state index in [0.717, 1.165) is 29.7 Å². The van der Waals surface area contributed by atoms with Gasteiger partial charge in [-0.1, -0.05) is 93.6 Å². The third-order valence-electron chi connectivity index (χ3n) is 5.33. The molecule has 2 aromatic carbocycles. The SMILES string of the molecule is CCCCCCCCc1ccccc1-c1nc(CCC(=O)O)oc1-c1ccccc1. The van der Waals surface area contributed by atoms with Crippen LogP contribution < -0.4 is 0 Å². The average Bonchev–Trinajstić information content (AvgIpc) is 3.20. The van der Waals surface area contributed by atoms with Gasteiger partial charge in [0.15, 0.2) is 11.7 Å². The van der Waals surface area contributed by atoms with E-state index in [1.807, 2.05) is 36.4 Å². The Bertz CT molecular complexity index is 930. The van der Waals surface area contributed by atoms with Gasteiger partial charge in [-0.3, -0.25) is 4.79 Å². The molecule has 4 nitrogen and oxygen atoms in total. The largest absolute Gasteiger partial charge is 0.481 e. The predicted octanol–water partition coefficient (Wildman–Crippen LogP) is 6.93. The molecule has 4 heteroatoms. The summed E-state index contributed by atoms with van der Waals surface area (Å²) in [5.41, 5.74) is 4.11. The molecular formula is C26H31NO3. The molecule has 0 spiro atoms. The van der Waals surface area contributed by atoms with Crippen LogP contribution >= 0.6 is 0 Å². The Hall–Kier alpha value is -2.88. The first kappa shape index (κ1) is 21.8. The number of unbranched alkanes of at least 4 members (excludes halogenated alkanes) is 5. The number of hydrogen-bond acceptors (Lipinski definition) is 3. The molecule has 30 heavy (non-hydrogen) atoms. The second kappa shape index (κ2) is 11.3. The van der Waals surface area contributed by atoms with Crippen molar-refractivity contribution in [2.75, 3.05) is 0 Å². The molecule has 0 saturated carbocycles. The maximum atomic E-state index is 11.0. The van der Waals surface area contributed by atoms with Crippen LogP contribution in [0.2, 0.25) is 0 Å². The molecule has 0 saturated heterocycles. The van der Waals surface area contributed by atoms with E-state index in [1.165, 1.54) is 37.7 Å². The summed E-state index contributed by atoms with van der Waals surface area (Å²) in [6, 6.07) is 18.3. The zero-order valence-electron chi connectivity index (χ0n) is 17.8. The van der Waals surface area contributed by atoms with Crippen molar-refractivity contribution in [2.45, 2.75) is 64.7 Å². The first-order valence-corrected chi connectivity index (χ1v) is 11.0. The monoisotopic (exact) mass is 405 g/mol. The fourth-order valence-corrected chi connectivity index (χ4v) is 3.72. The highest BCUT2D eigenvalue weighted by molar-refractivity contribution is 5.78. The van der Waals surface area contributed by atoms with Gasteiger partial charge in [-0.05, 0) is 18.4 Å². The first-order chi connectivity index (χ1) is 14.7. The van der Waals surface area contributed by atoms with Crippen molar-refractivity contribution in [2.24, 2.45) is 0 Å². The Morgan fingerprint density at radius 2 is 1.60 bits per heavy atom. The summed E-state index contributed by atoms with van der Waals surface area (Å²) < 4.78 is 6.06. The summed E-state index contributed by atoms with van der Waals surface area (Å²) in [6.45, 7) is 2.24. The molecule has 0 bridgehead atoms. The topological polar surface area (TPSA) is 63.3 Å². The quantitative estimate of drug-likeness (QED) is 0.332. The lowest BCUT2D eigenvalue weighted by atomic mass is 9.96. The standard InChI is InChI=1S/C26H31NO3/c1-2-3-4-5-6-8-13-20-14-11-12-17-22(20)25-26(21-15-9-7-10-16-21)30-23(27-25)18-19-24(28)29/h7,9-12,14-17H,2-6,8,13,18-19H2,1H3,(H,28,29). The third kappa shape index (κ3) is 6.06. The fourth-order valence-electron chi connectivity index (χ4n) is 3.72. The molecule has 1 heterocycles. The Labute approximate surface area is 179 Å². The second-order valence-electron chi connectivity index (χ2n) is 7.72. The minimum atomic E-state index is -0.848. The number of aromatic nitrogens is 1. The van der Waals surface area contributed by atoms with Crippen molar-refractivity contribution in [3.05, 3.63) is 66.1 Å². The first-order valence-electron chi connectivity index (χ1n) is 11.0. The summed E-state index contributed by atoms with van der Waals surface area (Å²) in [7, 11) is 0. The molecule has 0 fully saturated rings. The molecule has 0 aliphatic rings. The van der Waals surface area contributed by atoms with Gasteiger partial charge >= 0.3 is 5.97 Å². The van der Waals surface area contributed by atoms with Crippen molar-refractivity contribution in [1.29, 1.82) is 0 Å². The Morgan fingerprint density at radius 1 is 0.900 bits per heavy atom. The van der Waals surface area contributed by atoms with E-state index in [0.29, 0.717) is 11.7 Å². The van der Waals surface area contributed by atoms with Crippen LogP contribution in [0.15, 0.2) is 59.0 Å². The summed E-state index contributed by atoms with van der Waals surface area (Å²) in [5, 5.41) is 9.03. The summed E-state index contributed by atoms with van der Waals surface area (Å²) in [6.07, 6.45) is 8.88. The summed E-state index contributed by atoms with van der Waals surface area (Å²) in [4.78, 5) is 15.7. The molecule has 0 aliphatic heterocycles. The Kier molecular flexibility index (Phi) is 8.25. The number of carboxylic acids is 1. The van der Waals surface area contributed by atoms with Crippen molar-refractivity contribution < 1.29 is 14.3 Å². The van der Waals surface area contributed by atoms with E-state index >= 15 is 0 Å². The minimum absolute atomic E-state index is 0.00753. The van der Waals surface area contributed by atoms with Crippen molar-refractivity contribution in [1.82, 2.24) is 4.98 Å². The van der Waals surface area contributed by atoms with Crippen LogP contribution in [0.3, 0.4) is 0 Å². The number of aliphatic carboxylic acids is 1. The number of benzene rings is 2. The van der Waals surface area contributed by atoms with Crippen LogP contribution in [0.5, 0.6) is 0 Å². The Balaban J connectivity index is 1.86. The zero-order chi connectivity index (χ0) is 21.2. The molecule has 1 N–H and O–H groups in total. The highest BCUT2D eigenvalue weighted by atomic mass is 16.4. The lowest BCUT2D eigenvalue weighted by molar-refractivity contribution is -0.137. The van der Waals surface area contributed by atoms with Crippen LogP contribution in [-0.4, -0.2) is 16.1 Å². The molecular weight excluding hydrogens is 374 g/mol. The molecule has 0 atom stereocenters. The molecule has 0 unspecified atom stereocenters. The lowest BCUT2D eigenvalue weighted by Crippen LogP contribution is -1.97. The lowest BCUT2D eigenvalue weighted by Gasteiger charge is -2.09. The van der Waals surface area contributed by atoms with Gasteiger partial charge in [0.25, 0.3) is 0 Å². The van der Waals surface area contributed by atoms with Crippen LogP contribution in [0, 0.1) is 0 Å². The van der Waals surface area contributed by atoms with Gasteiger partial charge in [0.05, 0.1) is 6.42 Å². The average molecular weight is 406 g/mol. The van der Waals surface area contributed by atoms with E-state index in [9.17, 15) is 4.79 Å². The van der Waals surface area contributed by atoms with Gasteiger partial charge in [0.1, 0.15) is 5.69 Å². The number of oxazole rings is 1. The van der Waals surface area contributed by atoms with Gasteiger partial charge < -0.3 is 9.52 Å². The van der Waals surface area contributed by atoms with E-state index in [-0.39, 0.29) is 12.8 Å². The molecule has 3 rings (SSSR count). The van der Waals surface area contributed by atoms with Crippen LogP contribution in [-0.2, 0) is 17.6 Å². The summed E-state index contributed by atoms with van der Waals surface area (Å²) >= 11 is 0. The minimum Gasteiger partial charge on any atom is -0.481 e. The Morgan fingerprint density at radius 3 is 2.37 bits per heavy atom. The normalized spacial score (nSPS) is 11.0. The number of carboxylic acid groups (broad SMARTS) is 1. The van der Waals surface area contributed by atoms with Gasteiger partial charge in [0, 0.05) is 17.5 Å². The van der Waals surface area contributed by atoms with E-state index < -0.39 is 5.97 Å². The third-order valence-corrected chi connectivity index (χ3v) is 5.33. The highest BCUT2D eigenvalue weighted by Crippen LogP contribution is 2.35. The number of aryl methyl sites for hydroxylation is 2. The van der Waals surface area contributed by atoms with Crippen LogP contribution in [0.4, 0.5) is 0 Å². The molecule has 158 valence electrons. The van der Waals surface area contributed by atoms with Gasteiger partial charge in [-0.25, -0.2) is 4.98 Å². The van der Waals surface area contributed by atoms with E-state index in [1.54, 1.807) is 0 Å². The smallest absolute Gasteiger partial charge is 0.303 e. The number of nitrogens with zero attached hydrogens (tertiary/aromatic N) is 1. The van der Waals surface area contributed by atoms with Gasteiger partial charge in [-0.2, -0.15) is 0 Å². The summed E-state index contributed by atoms with van der Waals surface area (Å²) in [5.74, 6) is 0.339. The van der Waals surface area contributed by atoms with Gasteiger partial charge in [0.2, 0.25) is 0 Å². The molecule has 0 radical (unpaired) electrons. The number of hydrogen-bond donors (Lipinski definition) is 1. The van der Waals surface area contributed by atoms with Crippen molar-refractivity contribution in [3.8, 4) is 22.6 Å². The predicted molar refractivity (Wildman–Crippen MR) is 120 cm³/mol. The molecule has 3 aromatic rings. The molecule has 0 aliphatic carbocycles. The van der Waals surface area contributed by atoms with Crippen molar-refractivity contribution in [3.63, 3.8) is 0 Å². The maximum absolute atomic E-state index is 11.0. The zero-order valence-corrected chi connectivity index (χ0v) is 17.8. The number of rotatable bonds is 12. The van der Waals surface area contributed by atoms with E-state index in [2.05, 4.69) is 25.1 Å². The van der Waals surface area contributed by atoms with Gasteiger partial charge in [-0.15, -0.1) is 0 Å².